The molecule has 4 atom stereocenters. The smallest absolute Gasteiger partial charge is 0.418 e. The summed E-state index contributed by atoms with van der Waals surface area (Å²) in [4.78, 5) is 21.3. The molecule has 2 aromatic carbocycles. The first-order chi connectivity index (χ1) is 18.3. The Labute approximate surface area is 231 Å². The second-order valence-corrected chi connectivity index (χ2v) is 11.3. The molecule has 0 unspecified atom stereocenters. The number of para-hydroxylation sites is 1. The Bertz CT molecular complexity index is 1180. The fraction of sp³-hybridized carbons (Fsp3) is 0.548. The lowest BCUT2D eigenvalue weighted by atomic mass is 9.75. The molecule has 1 aliphatic rings. The average molecular weight is 546 g/mol. The summed E-state index contributed by atoms with van der Waals surface area (Å²) in [6.07, 6.45) is -1.83. The highest BCUT2D eigenvalue weighted by atomic mass is 19.4. The molecule has 2 aromatic rings. The second kappa shape index (κ2) is 12.4. The maximum Gasteiger partial charge on any atom is 0.418 e. The van der Waals surface area contributed by atoms with Crippen LogP contribution < -0.4 is 9.80 Å². The van der Waals surface area contributed by atoms with E-state index >= 15 is 0 Å². The molecule has 5 nitrogen and oxygen atoms in total. The molecule has 0 amide bonds. The fourth-order valence-corrected chi connectivity index (χ4v) is 5.61. The van der Waals surface area contributed by atoms with Gasteiger partial charge in [0, 0.05) is 38.1 Å². The van der Waals surface area contributed by atoms with Gasteiger partial charge in [-0.05, 0) is 74.3 Å². The Morgan fingerprint density at radius 2 is 1.72 bits per heavy atom. The third-order valence-corrected chi connectivity index (χ3v) is 7.81. The zero-order valence-electron chi connectivity index (χ0n) is 24.3. The van der Waals surface area contributed by atoms with E-state index in [0.717, 1.165) is 30.9 Å². The summed E-state index contributed by atoms with van der Waals surface area (Å²) in [6.45, 7) is 10.1. The molecule has 39 heavy (non-hydrogen) atoms. The summed E-state index contributed by atoms with van der Waals surface area (Å²) in [5.41, 5.74) is 1.12. The molecular weight excluding hydrogens is 503 g/mol. The normalized spacial score (nSPS) is 21.0. The lowest BCUT2D eigenvalue weighted by molar-refractivity contribution is -0.157. The quantitative estimate of drug-likeness (QED) is 0.207. The SMILES string of the molecule is CN=C(c1ccc(N(C)C)c(C(F)(F)F)c1)N(c1ccccc1C)[C@H](C)C(=O)O[C@@H]1C[C@H](C)CC[C@H]1C(C)C. The van der Waals surface area contributed by atoms with Crippen molar-refractivity contribution in [1.29, 1.82) is 0 Å². The largest absolute Gasteiger partial charge is 0.461 e. The van der Waals surface area contributed by atoms with Crippen LogP contribution >= 0.6 is 0 Å². The van der Waals surface area contributed by atoms with Gasteiger partial charge in [0.15, 0.2) is 0 Å². The molecule has 0 N–H and O–H groups in total. The first-order valence-electron chi connectivity index (χ1n) is 13.7. The average Bonchev–Trinajstić information content (AvgIpc) is 2.86. The Morgan fingerprint density at radius 1 is 1.05 bits per heavy atom. The van der Waals surface area contributed by atoms with E-state index in [2.05, 4.69) is 25.8 Å². The summed E-state index contributed by atoms with van der Waals surface area (Å²) >= 11 is 0. The van der Waals surface area contributed by atoms with Crippen LogP contribution in [0.25, 0.3) is 0 Å². The number of carbonyl (C=O) groups is 1. The number of aryl methyl sites for hydroxylation is 1. The molecular formula is C31H42F3N3O2. The number of benzene rings is 2. The van der Waals surface area contributed by atoms with Gasteiger partial charge in [-0.1, -0.05) is 45.4 Å². The van der Waals surface area contributed by atoms with Gasteiger partial charge in [-0.3, -0.25) is 4.99 Å². The molecule has 3 rings (SSSR count). The summed E-state index contributed by atoms with van der Waals surface area (Å²) in [5, 5.41) is 0. The molecule has 0 spiro atoms. The molecule has 0 bridgehead atoms. The minimum Gasteiger partial charge on any atom is -0.461 e. The Hall–Kier alpha value is -3.03. The minimum absolute atomic E-state index is 0.0581. The zero-order valence-corrected chi connectivity index (χ0v) is 24.3. The van der Waals surface area contributed by atoms with Crippen LogP contribution in [0, 0.1) is 24.7 Å². The van der Waals surface area contributed by atoms with E-state index in [1.807, 2.05) is 31.2 Å². The molecule has 1 aliphatic carbocycles. The van der Waals surface area contributed by atoms with Gasteiger partial charge in [-0.25, -0.2) is 4.79 Å². The number of amidine groups is 1. The van der Waals surface area contributed by atoms with Gasteiger partial charge in [0.1, 0.15) is 18.0 Å². The molecule has 1 fully saturated rings. The summed E-state index contributed by atoms with van der Waals surface area (Å²) in [7, 11) is 4.68. The number of carbonyl (C=O) groups excluding carboxylic acids is 1. The van der Waals surface area contributed by atoms with Crippen LogP contribution in [0.4, 0.5) is 24.5 Å². The van der Waals surface area contributed by atoms with Gasteiger partial charge in [0.25, 0.3) is 0 Å². The van der Waals surface area contributed by atoms with Gasteiger partial charge in [-0.15, -0.1) is 0 Å². The highest BCUT2D eigenvalue weighted by Crippen LogP contribution is 2.38. The number of anilines is 2. The molecule has 0 aliphatic heterocycles. The highest BCUT2D eigenvalue weighted by molar-refractivity contribution is 6.13. The standard InChI is InChI=1S/C31H42F3N3O2/c1-19(2)24-15-13-20(3)17-28(24)39-30(38)22(5)37(26-12-10-9-11-21(26)4)29(35-6)23-14-16-27(36(7)8)25(18-23)31(32,33)34/h9-12,14,16,18-20,22,24,28H,13,15,17H2,1-8H3/t20-,22-,24+,28-/m1/s1. The van der Waals surface area contributed by atoms with Crippen LogP contribution in [-0.2, 0) is 15.7 Å². The summed E-state index contributed by atoms with van der Waals surface area (Å²) in [5.74, 6) is 0.967. The van der Waals surface area contributed by atoms with Crippen LogP contribution in [0.2, 0.25) is 0 Å². The van der Waals surface area contributed by atoms with Crippen molar-refractivity contribution in [2.45, 2.75) is 72.2 Å². The number of aliphatic imine (C=N–C) groups is 1. The summed E-state index contributed by atoms with van der Waals surface area (Å²) < 4.78 is 48.4. The predicted octanol–water partition coefficient (Wildman–Crippen LogP) is 7.36. The van der Waals surface area contributed by atoms with Crippen LogP contribution in [-0.4, -0.2) is 45.1 Å². The van der Waals surface area contributed by atoms with E-state index in [0.29, 0.717) is 17.5 Å². The molecule has 1 saturated carbocycles. The molecule has 214 valence electrons. The number of rotatable bonds is 7. The van der Waals surface area contributed by atoms with Gasteiger partial charge < -0.3 is 14.5 Å². The lowest BCUT2D eigenvalue weighted by Crippen LogP contribution is -2.47. The third-order valence-electron chi connectivity index (χ3n) is 7.81. The first-order valence-corrected chi connectivity index (χ1v) is 13.7. The number of nitrogens with zero attached hydrogens (tertiary/aromatic N) is 3. The number of esters is 1. The Kier molecular flexibility index (Phi) is 9.73. The molecule has 0 heterocycles. The Morgan fingerprint density at radius 3 is 2.28 bits per heavy atom. The highest BCUT2D eigenvalue weighted by Gasteiger charge is 2.38. The second-order valence-electron chi connectivity index (χ2n) is 11.3. The van der Waals surface area contributed by atoms with Crippen LogP contribution in [0.1, 0.15) is 63.6 Å². The number of hydrogen-bond acceptors (Lipinski definition) is 4. The minimum atomic E-state index is -4.56. The van der Waals surface area contributed by atoms with Crippen molar-refractivity contribution >= 4 is 23.2 Å². The van der Waals surface area contributed by atoms with Gasteiger partial charge in [-0.2, -0.15) is 13.2 Å². The van der Waals surface area contributed by atoms with Gasteiger partial charge >= 0.3 is 12.1 Å². The monoisotopic (exact) mass is 545 g/mol. The van der Waals surface area contributed by atoms with Crippen molar-refractivity contribution in [1.82, 2.24) is 0 Å². The van der Waals surface area contributed by atoms with Crippen molar-refractivity contribution in [2.24, 2.45) is 22.7 Å². The van der Waals surface area contributed by atoms with Crippen LogP contribution in [0.15, 0.2) is 47.5 Å². The molecule has 0 aromatic heterocycles. The van der Waals surface area contributed by atoms with Crippen LogP contribution in [0.5, 0.6) is 0 Å². The van der Waals surface area contributed by atoms with E-state index < -0.39 is 23.8 Å². The van der Waals surface area contributed by atoms with Crippen molar-refractivity contribution < 1.29 is 22.7 Å². The Balaban J connectivity index is 2.07. The first kappa shape index (κ1) is 30.5. The molecule has 0 saturated heterocycles. The van der Waals surface area contributed by atoms with E-state index in [1.54, 1.807) is 32.0 Å². The predicted molar refractivity (Wildman–Crippen MR) is 153 cm³/mol. The fourth-order valence-electron chi connectivity index (χ4n) is 5.61. The molecule has 8 heteroatoms. The number of ether oxygens (including phenoxy) is 1. The van der Waals surface area contributed by atoms with Crippen molar-refractivity contribution in [2.75, 3.05) is 30.9 Å². The topological polar surface area (TPSA) is 45.1 Å². The van der Waals surface area contributed by atoms with Crippen LogP contribution in [0.3, 0.4) is 0 Å². The summed E-state index contributed by atoms with van der Waals surface area (Å²) in [6, 6.07) is 10.8. The van der Waals surface area contributed by atoms with E-state index in [9.17, 15) is 18.0 Å². The number of alkyl halides is 3. The lowest BCUT2D eigenvalue weighted by Gasteiger charge is -2.38. The number of halogens is 3. The maximum absolute atomic E-state index is 14.1. The van der Waals surface area contributed by atoms with Crippen molar-refractivity contribution in [3.8, 4) is 0 Å². The number of hydrogen-bond donors (Lipinski definition) is 0. The molecule has 0 radical (unpaired) electrons. The van der Waals surface area contributed by atoms with E-state index in [4.69, 9.17) is 4.74 Å². The van der Waals surface area contributed by atoms with E-state index in [-0.39, 0.29) is 29.1 Å². The third kappa shape index (κ3) is 6.95. The zero-order chi connectivity index (χ0) is 29.1. The van der Waals surface area contributed by atoms with Crippen molar-refractivity contribution in [3.63, 3.8) is 0 Å². The van der Waals surface area contributed by atoms with Crippen molar-refractivity contribution in [3.05, 3.63) is 59.2 Å². The van der Waals surface area contributed by atoms with Gasteiger partial charge in [0.2, 0.25) is 0 Å². The van der Waals surface area contributed by atoms with Gasteiger partial charge in [0.05, 0.1) is 5.56 Å². The van der Waals surface area contributed by atoms with E-state index in [1.165, 1.54) is 18.0 Å². The maximum atomic E-state index is 14.1.